The summed E-state index contributed by atoms with van der Waals surface area (Å²) >= 11 is 0. The third kappa shape index (κ3) is 1.69. The number of hydrogen-bond acceptors (Lipinski definition) is 4. The van der Waals surface area contributed by atoms with Gasteiger partial charge in [-0.1, -0.05) is 24.3 Å². The van der Waals surface area contributed by atoms with Gasteiger partial charge >= 0.3 is 0 Å². The Kier molecular flexibility index (Phi) is 2.63. The summed E-state index contributed by atoms with van der Waals surface area (Å²) in [5.74, 6) is 0.737. The largest absolute Gasteiger partial charge is 0.398 e. The molecule has 3 heterocycles. The normalized spacial score (nSPS) is 11.4. The van der Waals surface area contributed by atoms with Gasteiger partial charge in [-0.15, -0.1) is 0 Å². The first-order valence-electron chi connectivity index (χ1n) is 7.12. The van der Waals surface area contributed by atoms with Crippen LogP contribution < -0.4 is 5.73 Å². The molecule has 4 rings (SSSR count). The number of anilines is 1. The minimum absolute atomic E-state index is 0.725. The highest BCUT2D eigenvalue weighted by Crippen LogP contribution is 2.32. The molecule has 5 heteroatoms. The van der Waals surface area contributed by atoms with Crippen LogP contribution in [0.4, 0.5) is 5.69 Å². The Bertz CT molecular complexity index is 1000. The van der Waals surface area contributed by atoms with Gasteiger partial charge in [-0.25, -0.2) is 9.97 Å². The van der Waals surface area contributed by atoms with Gasteiger partial charge < -0.3 is 5.73 Å². The average molecular weight is 289 g/mol. The number of fused-ring (bicyclic) bond motifs is 2. The summed E-state index contributed by atoms with van der Waals surface area (Å²) in [6.07, 6.45) is 1.74. The molecule has 108 valence electrons. The van der Waals surface area contributed by atoms with Crippen molar-refractivity contribution in [3.63, 3.8) is 0 Å². The number of para-hydroxylation sites is 1. The lowest BCUT2D eigenvalue weighted by atomic mass is 10.1. The minimum atomic E-state index is 0.725. The summed E-state index contributed by atoms with van der Waals surface area (Å²) in [7, 11) is 0. The Morgan fingerprint density at radius 1 is 1.05 bits per heavy atom. The van der Waals surface area contributed by atoms with Crippen LogP contribution in [-0.2, 0) is 0 Å². The van der Waals surface area contributed by atoms with Crippen molar-refractivity contribution in [3.8, 4) is 5.82 Å². The van der Waals surface area contributed by atoms with E-state index in [0.717, 1.165) is 44.7 Å². The molecule has 1 aromatic carbocycles. The SMILES string of the molecule is Cc1cccc2c(N)c3c(C)nn(-c4ccccn4)c3nc12. The molecule has 0 atom stereocenters. The van der Waals surface area contributed by atoms with Crippen LogP contribution in [0.25, 0.3) is 27.8 Å². The molecule has 0 saturated heterocycles. The maximum absolute atomic E-state index is 6.40. The quantitative estimate of drug-likeness (QED) is 0.584. The van der Waals surface area contributed by atoms with Gasteiger partial charge in [-0.2, -0.15) is 9.78 Å². The van der Waals surface area contributed by atoms with E-state index in [1.165, 1.54) is 0 Å². The molecule has 0 fully saturated rings. The molecule has 0 aliphatic rings. The lowest BCUT2D eigenvalue weighted by Crippen LogP contribution is -2.01. The van der Waals surface area contributed by atoms with E-state index in [2.05, 4.69) is 10.1 Å². The number of aryl methyl sites for hydroxylation is 2. The van der Waals surface area contributed by atoms with Crippen LogP contribution in [0.5, 0.6) is 0 Å². The van der Waals surface area contributed by atoms with E-state index in [1.807, 2.05) is 50.2 Å². The molecule has 2 N–H and O–H groups in total. The molecule has 3 aromatic heterocycles. The van der Waals surface area contributed by atoms with E-state index in [0.29, 0.717) is 0 Å². The van der Waals surface area contributed by atoms with E-state index >= 15 is 0 Å². The van der Waals surface area contributed by atoms with Gasteiger partial charge in [0.1, 0.15) is 0 Å². The number of pyridine rings is 2. The average Bonchev–Trinajstić information content (AvgIpc) is 2.87. The van der Waals surface area contributed by atoms with Crippen molar-refractivity contribution in [2.24, 2.45) is 0 Å². The van der Waals surface area contributed by atoms with E-state index in [4.69, 9.17) is 10.7 Å². The van der Waals surface area contributed by atoms with Crippen molar-refractivity contribution in [2.45, 2.75) is 13.8 Å². The van der Waals surface area contributed by atoms with Crippen LogP contribution in [0, 0.1) is 13.8 Å². The second kappa shape index (κ2) is 4.53. The fourth-order valence-electron chi connectivity index (χ4n) is 2.84. The third-order valence-corrected chi connectivity index (χ3v) is 3.92. The van der Waals surface area contributed by atoms with E-state index in [1.54, 1.807) is 10.9 Å². The topological polar surface area (TPSA) is 69.6 Å². The maximum Gasteiger partial charge on any atom is 0.167 e. The van der Waals surface area contributed by atoms with Gasteiger partial charge in [0.15, 0.2) is 11.5 Å². The maximum atomic E-state index is 6.40. The van der Waals surface area contributed by atoms with Crippen molar-refractivity contribution >= 4 is 27.6 Å². The minimum Gasteiger partial charge on any atom is -0.398 e. The monoisotopic (exact) mass is 289 g/mol. The standard InChI is InChI=1S/C17H15N5/c1-10-6-5-7-12-15(18)14-11(2)21-22(17(14)20-16(10)12)13-8-3-4-9-19-13/h3-9H,1-2H3,(H2,18,20). The molecule has 0 aliphatic carbocycles. The number of nitrogen functional groups attached to an aromatic ring is 1. The molecule has 5 nitrogen and oxygen atoms in total. The second-order valence-corrected chi connectivity index (χ2v) is 5.38. The summed E-state index contributed by atoms with van der Waals surface area (Å²) in [6, 6.07) is 11.8. The Labute approximate surface area is 127 Å². The van der Waals surface area contributed by atoms with Crippen LogP contribution in [0.2, 0.25) is 0 Å². The predicted octanol–water partition coefficient (Wildman–Crippen LogP) is 3.17. The molecular weight excluding hydrogens is 274 g/mol. The Morgan fingerprint density at radius 2 is 1.91 bits per heavy atom. The molecule has 0 spiro atoms. The van der Waals surface area contributed by atoms with E-state index < -0.39 is 0 Å². The van der Waals surface area contributed by atoms with Crippen molar-refractivity contribution in [2.75, 3.05) is 5.73 Å². The van der Waals surface area contributed by atoms with Crippen molar-refractivity contribution < 1.29 is 0 Å². The number of nitrogens with two attached hydrogens (primary N) is 1. The smallest absolute Gasteiger partial charge is 0.167 e. The highest BCUT2D eigenvalue weighted by atomic mass is 15.3. The number of aromatic nitrogens is 4. The first-order chi connectivity index (χ1) is 10.7. The molecule has 0 aliphatic heterocycles. The first kappa shape index (κ1) is 12.8. The fraction of sp³-hybridized carbons (Fsp3) is 0.118. The number of nitrogens with zero attached hydrogens (tertiary/aromatic N) is 4. The van der Waals surface area contributed by atoms with Crippen LogP contribution in [-0.4, -0.2) is 19.7 Å². The summed E-state index contributed by atoms with van der Waals surface area (Å²) in [6.45, 7) is 3.98. The van der Waals surface area contributed by atoms with Gasteiger partial charge in [-0.3, -0.25) is 0 Å². The third-order valence-electron chi connectivity index (χ3n) is 3.92. The lowest BCUT2D eigenvalue weighted by Gasteiger charge is -2.07. The van der Waals surface area contributed by atoms with Gasteiger partial charge in [0.25, 0.3) is 0 Å². The zero-order valence-electron chi connectivity index (χ0n) is 12.4. The predicted molar refractivity (Wildman–Crippen MR) is 88.1 cm³/mol. The molecule has 0 bridgehead atoms. The van der Waals surface area contributed by atoms with Crippen molar-refractivity contribution in [1.29, 1.82) is 0 Å². The summed E-state index contributed by atoms with van der Waals surface area (Å²) < 4.78 is 1.76. The Balaban J connectivity index is 2.18. The zero-order valence-corrected chi connectivity index (χ0v) is 12.4. The van der Waals surface area contributed by atoms with Crippen molar-refractivity contribution in [3.05, 3.63) is 53.9 Å². The molecular formula is C17H15N5. The lowest BCUT2D eigenvalue weighted by molar-refractivity contribution is 0.848. The summed E-state index contributed by atoms with van der Waals surface area (Å²) in [4.78, 5) is 9.18. The zero-order chi connectivity index (χ0) is 15.3. The summed E-state index contributed by atoms with van der Waals surface area (Å²) in [5.41, 5.74) is 10.7. The molecule has 0 radical (unpaired) electrons. The molecule has 22 heavy (non-hydrogen) atoms. The highest BCUT2D eigenvalue weighted by molar-refractivity contribution is 6.07. The highest BCUT2D eigenvalue weighted by Gasteiger charge is 2.17. The Hall–Kier alpha value is -2.95. The molecule has 0 amide bonds. The first-order valence-corrected chi connectivity index (χ1v) is 7.12. The van der Waals surface area contributed by atoms with Crippen LogP contribution in [0.1, 0.15) is 11.3 Å². The van der Waals surface area contributed by atoms with Gasteiger partial charge in [0, 0.05) is 11.6 Å². The van der Waals surface area contributed by atoms with Crippen LogP contribution in [0.3, 0.4) is 0 Å². The second-order valence-electron chi connectivity index (χ2n) is 5.38. The number of hydrogen-bond donors (Lipinski definition) is 1. The van der Waals surface area contributed by atoms with Crippen molar-refractivity contribution in [1.82, 2.24) is 19.7 Å². The van der Waals surface area contributed by atoms with Gasteiger partial charge in [-0.05, 0) is 31.5 Å². The van der Waals surface area contributed by atoms with Crippen LogP contribution >= 0.6 is 0 Å². The van der Waals surface area contributed by atoms with Gasteiger partial charge in [0.2, 0.25) is 0 Å². The van der Waals surface area contributed by atoms with Gasteiger partial charge in [0.05, 0.1) is 22.3 Å². The molecule has 0 saturated carbocycles. The Morgan fingerprint density at radius 3 is 2.68 bits per heavy atom. The number of rotatable bonds is 1. The molecule has 0 unspecified atom stereocenters. The van der Waals surface area contributed by atoms with E-state index in [9.17, 15) is 0 Å². The summed E-state index contributed by atoms with van der Waals surface area (Å²) in [5, 5.41) is 6.45. The fourth-order valence-corrected chi connectivity index (χ4v) is 2.84. The van der Waals surface area contributed by atoms with Crippen LogP contribution in [0.15, 0.2) is 42.6 Å². The van der Waals surface area contributed by atoms with E-state index in [-0.39, 0.29) is 0 Å². The number of benzene rings is 1. The molecule has 4 aromatic rings.